The molecule has 6 nitrogen and oxygen atoms in total. The van der Waals surface area contributed by atoms with Crippen molar-refractivity contribution in [3.8, 4) is 12.3 Å². The maximum absolute atomic E-state index is 12.8. The molecule has 2 saturated heterocycles. The highest BCUT2D eigenvalue weighted by Crippen LogP contribution is 2.33. The Labute approximate surface area is 157 Å². The molecule has 2 aliphatic heterocycles. The van der Waals surface area contributed by atoms with Crippen LogP contribution < -0.4 is 10.6 Å². The maximum atomic E-state index is 12.8. The van der Waals surface area contributed by atoms with Crippen molar-refractivity contribution in [3.05, 3.63) is 0 Å². The average Bonchev–Trinajstić information content (AvgIpc) is 3.07. The first-order chi connectivity index (χ1) is 12.6. The van der Waals surface area contributed by atoms with Crippen LogP contribution in [0.5, 0.6) is 0 Å². The number of hydrogen-bond donors (Lipinski definition) is 2. The van der Waals surface area contributed by atoms with Crippen molar-refractivity contribution in [2.24, 2.45) is 0 Å². The summed E-state index contributed by atoms with van der Waals surface area (Å²) in [5.74, 6) is 2.58. The van der Waals surface area contributed by atoms with E-state index in [0.29, 0.717) is 19.0 Å². The zero-order chi connectivity index (χ0) is 18.5. The molecule has 0 aromatic heterocycles. The monoisotopic (exact) mass is 360 g/mol. The highest BCUT2D eigenvalue weighted by molar-refractivity contribution is 5.83. The van der Waals surface area contributed by atoms with Crippen molar-refractivity contribution in [1.29, 1.82) is 0 Å². The second kappa shape index (κ2) is 8.88. The Hall–Kier alpha value is -1.58. The molecule has 3 atom stereocenters. The number of nitrogens with zero attached hydrogens (tertiary/aromatic N) is 2. The van der Waals surface area contributed by atoms with Crippen LogP contribution in [-0.4, -0.2) is 72.5 Å². The standard InChI is InChI=1S/C20H32N4O2/c1-3-12-21-18(25)10-9-16-14-22-20(26)19-17(23(16)2)11-13-24(19)15-7-5-4-6-8-15/h1,15-17,19H,4-14H2,2H3,(H,21,25)(H,22,26)/t16-,17+,19-/m0/s1. The van der Waals surface area contributed by atoms with Gasteiger partial charge in [0, 0.05) is 37.6 Å². The molecule has 2 N–H and O–H groups in total. The van der Waals surface area contributed by atoms with Gasteiger partial charge in [0.15, 0.2) is 0 Å². The Morgan fingerprint density at radius 2 is 2.08 bits per heavy atom. The summed E-state index contributed by atoms with van der Waals surface area (Å²) in [6.45, 7) is 1.90. The lowest BCUT2D eigenvalue weighted by Gasteiger charge is -2.37. The molecule has 6 heteroatoms. The van der Waals surface area contributed by atoms with Crippen LogP contribution >= 0.6 is 0 Å². The normalized spacial score (nSPS) is 30.9. The van der Waals surface area contributed by atoms with Crippen molar-refractivity contribution in [2.75, 3.05) is 26.7 Å². The van der Waals surface area contributed by atoms with Crippen LogP contribution in [0.1, 0.15) is 51.4 Å². The molecular weight excluding hydrogens is 328 g/mol. The number of nitrogens with one attached hydrogen (secondary N) is 2. The quantitative estimate of drug-likeness (QED) is 0.709. The van der Waals surface area contributed by atoms with Crippen molar-refractivity contribution in [3.63, 3.8) is 0 Å². The molecule has 0 aromatic rings. The number of likely N-dealkylation sites (N-methyl/N-ethyl adjacent to an activating group) is 1. The number of amides is 2. The molecule has 3 rings (SSSR count). The number of carbonyl (C=O) groups is 2. The predicted molar refractivity (Wildman–Crippen MR) is 101 cm³/mol. The van der Waals surface area contributed by atoms with E-state index in [2.05, 4.69) is 33.4 Å². The van der Waals surface area contributed by atoms with Gasteiger partial charge in [-0.25, -0.2) is 0 Å². The fraction of sp³-hybridized carbons (Fsp3) is 0.800. The molecule has 3 aliphatic rings. The van der Waals surface area contributed by atoms with Crippen molar-refractivity contribution < 1.29 is 9.59 Å². The van der Waals surface area contributed by atoms with Crippen molar-refractivity contribution in [2.45, 2.75) is 75.5 Å². The summed E-state index contributed by atoms with van der Waals surface area (Å²) in [6.07, 6.45) is 13.7. The number of likely N-dealkylation sites (tertiary alicyclic amines) is 1. The highest BCUT2D eigenvalue weighted by atomic mass is 16.2. The molecule has 2 heterocycles. The molecule has 0 radical (unpaired) electrons. The lowest BCUT2D eigenvalue weighted by Crippen LogP contribution is -2.53. The van der Waals surface area contributed by atoms with Crippen LogP contribution in [0.15, 0.2) is 0 Å². The summed E-state index contributed by atoms with van der Waals surface area (Å²) in [5.41, 5.74) is 0. The predicted octanol–water partition coefficient (Wildman–Crippen LogP) is 0.722. The third-order valence-corrected chi connectivity index (χ3v) is 6.42. The molecule has 144 valence electrons. The van der Waals surface area contributed by atoms with Crippen LogP contribution in [-0.2, 0) is 9.59 Å². The van der Waals surface area contributed by atoms with Gasteiger partial charge in [0.05, 0.1) is 6.54 Å². The Morgan fingerprint density at radius 1 is 1.31 bits per heavy atom. The molecule has 1 aliphatic carbocycles. The molecular formula is C20H32N4O2. The first-order valence-electron chi connectivity index (χ1n) is 10.1. The van der Waals surface area contributed by atoms with Gasteiger partial charge in [-0.3, -0.25) is 19.4 Å². The van der Waals surface area contributed by atoms with E-state index < -0.39 is 0 Å². The van der Waals surface area contributed by atoms with E-state index in [1.54, 1.807) is 0 Å². The Kier molecular flexibility index (Phi) is 6.55. The van der Waals surface area contributed by atoms with E-state index in [4.69, 9.17) is 6.42 Å². The molecule has 0 unspecified atom stereocenters. The van der Waals surface area contributed by atoms with Gasteiger partial charge in [-0.2, -0.15) is 0 Å². The molecule has 26 heavy (non-hydrogen) atoms. The third-order valence-electron chi connectivity index (χ3n) is 6.42. The highest BCUT2D eigenvalue weighted by Gasteiger charge is 2.47. The van der Waals surface area contributed by atoms with Gasteiger partial charge in [-0.15, -0.1) is 6.42 Å². The van der Waals surface area contributed by atoms with E-state index in [9.17, 15) is 9.59 Å². The Bertz CT molecular complexity index is 553. The van der Waals surface area contributed by atoms with Gasteiger partial charge in [-0.1, -0.05) is 25.2 Å². The molecule has 2 amide bonds. The molecule has 0 spiro atoms. The summed E-state index contributed by atoms with van der Waals surface area (Å²) in [6, 6.07) is 0.961. The zero-order valence-electron chi connectivity index (χ0n) is 15.9. The number of hydrogen-bond acceptors (Lipinski definition) is 4. The minimum Gasteiger partial charge on any atom is -0.353 e. The van der Waals surface area contributed by atoms with Gasteiger partial charge < -0.3 is 10.6 Å². The minimum atomic E-state index is -0.0385. The summed E-state index contributed by atoms with van der Waals surface area (Å²) in [7, 11) is 2.12. The largest absolute Gasteiger partial charge is 0.353 e. The fourth-order valence-corrected chi connectivity index (χ4v) is 4.95. The number of rotatable bonds is 5. The van der Waals surface area contributed by atoms with Crippen LogP contribution in [0, 0.1) is 12.3 Å². The SMILES string of the molecule is C#CCNC(=O)CC[C@H]1CNC(=O)[C@@H]2[C@@H](CCN2C2CCCCC2)N1C. The number of terminal acetylenes is 1. The van der Waals surface area contributed by atoms with E-state index in [1.807, 2.05) is 0 Å². The lowest BCUT2D eigenvalue weighted by molar-refractivity contribution is -0.127. The molecule has 0 aromatic carbocycles. The second-order valence-corrected chi connectivity index (χ2v) is 7.91. The van der Waals surface area contributed by atoms with Crippen molar-refractivity contribution in [1.82, 2.24) is 20.4 Å². The lowest BCUT2D eigenvalue weighted by atomic mass is 9.93. The molecule has 0 bridgehead atoms. The van der Waals surface area contributed by atoms with Gasteiger partial charge in [0.1, 0.15) is 6.04 Å². The fourth-order valence-electron chi connectivity index (χ4n) is 4.95. The van der Waals surface area contributed by atoms with E-state index in [1.165, 1.54) is 32.1 Å². The zero-order valence-corrected chi connectivity index (χ0v) is 15.9. The average molecular weight is 361 g/mol. The summed E-state index contributed by atoms with van der Waals surface area (Å²) in [4.78, 5) is 29.5. The topological polar surface area (TPSA) is 64.7 Å². The van der Waals surface area contributed by atoms with Gasteiger partial charge >= 0.3 is 0 Å². The molecule has 1 saturated carbocycles. The van der Waals surface area contributed by atoms with Crippen LogP contribution in [0.25, 0.3) is 0 Å². The minimum absolute atomic E-state index is 0.0151. The first-order valence-corrected chi connectivity index (χ1v) is 10.1. The third kappa shape index (κ3) is 4.21. The van der Waals surface area contributed by atoms with Crippen LogP contribution in [0.3, 0.4) is 0 Å². The summed E-state index contributed by atoms with van der Waals surface area (Å²) >= 11 is 0. The van der Waals surface area contributed by atoms with Crippen LogP contribution in [0.4, 0.5) is 0 Å². The number of carbonyl (C=O) groups excluding carboxylic acids is 2. The van der Waals surface area contributed by atoms with E-state index in [0.717, 1.165) is 19.4 Å². The second-order valence-electron chi connectivity index (χ2n) is 7.91. The first kappa shape index (κ1) is 19.2. The van der Waals surface area contributed by atoms with E-state index >= 15 is 0 Å². The van der Waals surface area contributed by atoms with Gasteiger partial charge in [0.2, 0.25) is 11.8 Å². The Morgan fingerprint density at radius 3 is 2.81 bits per heavy atom. The summed E-state index contributed by atoms with van der Waals surface area (Å²) in [5, 5.41) is 5.86. The van der Waals surface area contributed by atoms with Gasteiger partial charge in [-0.05, 0) is 32.7 Å². The van der Waals surface area contributed by atoms with Gasteiger partial charge in [0.25, 0.3) is 0 Å². The maximum Gasteiger partial charge on any atom is 0.239 e. The Balaban J connectivity index is 1.62. The smallest absolute Gasteiger partial charge is 0.239 e. The number of fused-ring (bicyclic) bond motifs is 1. The van der Waals surface area contributed by atoms with Crippen LogP contribution in [0.2, 0.25) is 0 Å². The van der Waals surface area contributed by atoms with E-state index in [-0.39, 0.29) is 36.5 Å². The molecule has 3 fully saturated rings. The summed E-state index contributed by atoms with van der Waals surface area (Å²) < 4.78 is 0. The van der Waals surface area contributed by atoms with Crippen molar-refractivity contribution >= 4 is 11.8 Å².